The van der Waals surface area contributed by atoms with E-state index in [-0.39, 0.29) is 23.4 Å². The Labute approximate surface area is 196 Å². The number of rotatable bonds is 7. The molecule has 9 heteroatoms. The molecule has 0 aliphatic carbocycles. The van der Waals surface area contributed by atoms with Crippen LogP contribution >= 0.6 is 34.4 Å². The third-order valence-corrected chi connectivity index (χ3v) is 5.82. The van der Waals surface area contributed by atoms with Crippen molar-refractivity contribution in [2.45, 2.75) is 26.6 Å². The minimum atomic E-state index is -0.632. The number of hydrogen-bond donors (Lipinski definition) is 0. The monoisotopic (exact) mass is 555 g/mol. The van der Waals surface area contributed by atoms with Crippen LogP contribution in [0.15, 0.2) is 47.4 Å². The maximum absolute atomic E-state index is 13.3. The Morgan fingerprint density at radius 2 is 2.00 bits per heavy atom. The topological polar surface area (TPSA) is 72.9 Å². The van der Waals surface area contributed by atoms with Crippen LogP contribution in [0.5, 0.6) is 5.75 Å². The standard InChI is InChI=1S/C22H19FINO5S/c1-13(2)30-20(26)11-25-21(27)19(31-22(25)28)10-14-6-7-18(17(24)9-14)29-12-15-4-3-5-16(23)8-15/h3-10,13H,11-12H2,1-2H3/b19-10+. The molecule has 2 aromatic rings. The van der Waals surface area contributed by atoms with E-state index < -0.39 is 23.7 Å². The molecule has 0 aromatic heterocycles. The summed E-state index contributed by atoms with van der Waals surface area (Å²) in [5.41, 5.74) is 1.42. The first-order valence-corrected chi connectivity index (χ1v) is 11.2. The van der Waals surface area contributed by atoms with Gasteiger partial charge in [0.2, 0.25) is 0 Å². The number of hydrogen-bond acceptors (Lipinski definition) is 6. The molecule has 0 unspecified atom stereocenters. The third-order valence-electron chi connectivity index (χ3n) is 4.07. The quantitative estimate of drug-likeness (QED) is 0.272. The highest BCUT2D eigenvalue weighted by Gasteiger charge is 2.36. The zero-order chi connectivity index (χ0) is 22.5. The molecular formula is C22H19FINO5S. The van der Waals surface area contributed by atoms with Crippen molar-refractivity contribution in [3.05, 3.63) is 67.9 Å². The predicted molar refractivity (Wildman–Crippen MR) is 124 cm³/mol. The number of amides is 2. The molecule has 1 fully saturated rings. The normalized spacial score (nSPS) is 15.1. The zero-order valence-electron chi connectivity index (χ0n) is 16.8. The van der Waals surface area contributed by atoms with E-state index >= 15 is 0 Å². The first kappa shape index (κ1) is 23.3. The van der Waals surface area contributed by atoms with Crippen LogP contribution in [0, 0.1) is 9.39 Å². The van der Waals surface area contributed by atoms with Gasteiger partial charge in [0, 0.05) is 0 Å². The van der Waals surface area contributed by atoms with Crippen molar-refractivity contribution in [2.75, 3.05) is 6.54 Å². The maximum Gasteiger partial charge on any atom is 0.326 e. The van der Waals surface area contributed by atoms with Crippen molar-refractivity contribution in [1.82, 2.24) is 4.90 Å². The zero-order valence-corrected chi connectivity index (χ0v) is 19.7. The third kappa shape index (κ3) is 6.30. The van der Waals surface area contributed by atoms with Crippen LogP contribution in [0.25, 0.3) is 6.08 Å². The molecule has 0 atom stereocenters. The Morgan fingerprint density at radius 3 is 2.68 bits per heavy atom. The Morgan fingerprint density at radius 1 is 1.23 bits per heavy atom. The van der Waals surface area contributed by atoms with E-state index in [4.69, 9.17) is 9.47 Å². The number of esters is 1. The first-order chi connectivity index (χ1) is 14.7. The number of ether oxygens (including phenoxy) is 2. The number of halogens is 2. The molecule has 1 saturated heterocycles. The van der Waals surface area contributed by atoms with Gasteiger partial charge < -0.3 is 9.47 Å². The average molecular weight is 555 g/mol. The summed E-state index contributed by atoms with van der Waals surface area (Å²) in [6.45, 7) is 3.19. The second-order valence-electron chi connectivity index (χ2n) is 6.91. The molecule has 0 spiro atoms. The van der Waals surface area contributed by atoms with Crippen molar-refractivity contribution in [2.24, 2.45) is 0 Å². The number of thioether (sulfide) groups is 1. The van der Waals surface area contributed by atoms with Gasteiger partial charge >= 0.3 is 5.97 Å². The smallest absolute Gasteiger partial charge is 0.326 e. The molecule has 162 valence electrons. The molecule has 0 saturated carbocycles. The van der Waals surface area contributed by atoms with Crippen LogP contribution in [0.1, 0.15) is 25.0 Å². The fourth-order valence-corrected chi connectivity index (χ4v) is 4.26. The highest BCUT2D eigenvalue weighted by molar-refractivity contribution is 14.1. The molecule has 1 aliphatic rings. The summed E-state index contributed by atoms with van der Waals surface area (Å²) in [6.07, 6.45) is 1.27. The molecule has 0 radical (unpaired) electrons. The number of carbonyl (C=O) groups is 3. The number of nitrogens with zero attached hydrogens (tertiary/aromatic N) is 1. The van der Waals surface area contributed by atoms with E-state index in [9.17, 15) is 18.8 Å². The van der Waals surface area contributed by atoms with Gasteiger partial charge in [-0.25, -0.2) is 4.39 Å². The summed E-state index contributed by atoms with van der Waals surface area (Å²) >= 11 is 2.88. The molecule has 6 nitrogen and oxygen atoms in total. The van der Waals surface area contributed by atoms with Crippen LogP contribution in [0.2, 0.25) is 0 Å². The minimum absolute atomic E-state index is 0.221. The van der Waals surface area contributed by atoms with Gasteiger partial charge in [0.15, 0.2) is 0 Å². The van der Waals surface area contributed by atoms with E-state index in [0.29, 0.717) is 16.9 Å². The van der Waals surface area contributed by atoms with E-state index in [2.05, 4.69) is 22.6 Å². The maximum atomic E-state index is 13.3. The first-order valence-electron chi connectivity index (χ1n) is 9.34. The second kappa shape index (κ2) is 10.3. The number of benzene rings is 2. The molecule has 0 N–H and O–H groups in total. The molecule has 3 rings (SSSR count). The largest absolute Gasteiger partial charge is 0.488 e. The predicted octanol–water partition coefficient (Wildman–Crippen LogP) is 5.00. The summed E-state index contributed by atoms with van der Waals surface area (Å²) < 4.78 is 24.8. The van der Waals surface area contributed by atoms with Crippen molar-refractivity contribution < 1.29 is 28.2 Å². The minimum Gasteiger partial charge on any atom is -0.488 e. The second-order valence-corrected chi connectivity index (χ2v) is 9.07. The fraction of sp³-hybridized carbons (Fsp3) is 0.227. The summed E-state index contributed by atoms with van der Waals surface area (Å²) in [5.74, 6) is -0.867. The highest BCUT2D eigenvalue weighted by Crippen LogP contribution is 2.33. The molecule has 2 aromatic carbocycles. The molecule has 2 amide bonds. The van der Waals surface area contributed by atoms with Gasteiger partial charge in [-0.3, -0.25) is 19.3 Å². The van der Waals surface area contributed by atoms with E-state index in [1.807, 2.05) is 6.07 Å². The van der Waals surface area contributed by atoms with Crippen LogP contribution in [-0.2, 0) is 20.9 Å². The van der Waals surface area contributed by atoms with Gasteiger partial charge in [0.25, 0.3) is 11.1 Å². The lowest BCUT2D eigenvalue weighted by atomic mass is 10.2. The summed E-state index contributed by atoms with van der Waals surface area (Å²) in [4.78, 5) is 37.6. The summed E-state index contributed by atoms with van der Waals surface area (Å²) in [7, 11) is 0. The molecule has 0 bridgehead atoms. The van der Waals surface area contributed by atoms with Crippen molar-refractivity contribution in [3.8, 4) is 5.75 Å². The SMILES string of the molecule is CC(C)OC(=O)CN1C(=O)S/C(=C/c2ccc(OCc3cccc(F)c3)c(I)c2)C1=O. The van der Waals surface area contributed by atoms with Gasteiger partial charge in [-0.1, -0.05) is 18.2 Å². The van der Waals surface area contributed by atoms with Crippen molar-refractivity contribution in [1.29, 1.82) is 0 Å². The summed E-state index contributed by atoms with van der Waals surface area (Å²) in [6, 6.07) is 11.5. The lowest BCUT2D eigenvalue weighted by molar-refractivity contribution is -0.149. The van der Waals surface area contributed by atoms with E-state index in [1.165, 1.54) is 12.1 Å². The Kier molecular flexibility index (Phi) is 7.71. The number of carbonyl (C=O) groups excluding carboxylic acids is 3. The summed E-state index contributed by atoms with van der Waals surface area (Å²) in [5, 5.41) is -0.512. The molecule has 1 aliphatic heterocycles. The van der Waals surface area contributed by atoms with Gasteiger partial charge in [-0.2, -0.15) is 0 Å². The van der Waals surface area contributed by atoms with Gasteiger partial charge in [-0.05, 0) is 89.7 Å². The van der Waals surface area contributed by atoms with E-state index in [1.54, 1.807) is 44.2 Å². The highest BCUT2D eigenvalue weighted by atomic mass is 127. The lowest BCUT2D eigenvalue weighted by Crippen LogP contribution is -2.35. The van der Waals surface area contributed by atoms with Gasteiger partial charge in [-0.15, -0.1) is 0 Å². The fourth-order valence-electron chi connectivity index (χ4n) is 2.73. The molecular weight excluding hydrogens is 536 g/mol. The van der Waals surface area contributed by atoms with Crippen LogP contribution < -0.4 is 4.74 Å². The van der Waals surface area contributed by atoms with Crippen LogP contribution in [-0.4, -0.2) is 34.7 Å². The average Bonchev–Trinajstić information content (AvgIpc) is 2.94. The Hall–Kier alpha value is -2.40. The lowest BCUT2D eigenvalue weighted by Gasteiger charge is -2.13. The number of imide groups is 1. The van der Waals surface area contributed by atoms with Crippen LogP contribution in [0.3, 0.4) is 0 Å². The van der Waals surface area contributed by atoms with Gasteiger partial charge in [0.05, 0.1) is 14.6 Å². The van der Waals surface area contributed by atoms with Gasteiger partial charge in [0.1, 0.15) is 24.7 Å². The van der Waals surface area contributed by atoms with Crippen LogP contribution in [0.4, 0.5) is 9.18 Å². The Bertz CT molecular complexity index is 1060. The Balaban J connectivity index is 1.67. The van der Waals surface area contributed by atoms with Crippen molar-refractivity contribution >= 4 is 57.5 Å². The van der Waals surface area contributed by atoms with E-state index in [0.717, 1.165) is 20.2 Å². The molecule has 31 heavy (non-hydrogen) atoms. The molecule has 1 heterocycles. The van der Waals surface area contributed by atoms with Crippen molar-refractivity contribution in [3.63, 3.8) is 0 Å².